The minimum atomic E-state index is -3.02. The summed E-state index contributed by atoms with van der Waals surface area (Å²) in [5.41, 5.74) is 4.88. The molecule has 2 atom stereocenters. The van der Waals surface area contributed by atoms with Crippen molar-refractivity contribution in [3.8, 4) is 0 Å². The molecule has 10 heavy (non-hydrogen) atoms. The molecule has 0 spiro atoms. The van der Waals surface area contributed by atoms with E-state index in [1.54, 1.807) is 0 Å². The third-order valence-electron chi connectivity index (χ3n) is 1.65. The molecule has 0 aromatic carbocycles. The van der Waals surface area contributed by atoms with Gasteiger partial charge in [-0.2, -0.15) is 0 Å². The van der Waals surface area contributed by atoms with Crippen LogP contribution in [0.3, 0.4) is 0 Å². The highest BCUT2D eigenvalue weighted by molar-refractivity contribution is 7.91. The van der Waals surface area contributed by atoms with Gasteiger partial charge in [-0.1, -0.05) is 0 Å². The van der Waals surface area contributed by atoms with Crippen LogP contribution in [0.4, 0.5) is 0 Å². The zero-order valence-corrected chi connectivity index (χ0v) is 6.39. The predicted molar refractivity (Wildman–Crippen MR) is 35.9 cm³/mol. The van der Waals surface area contributed by atoms with E-state index in [1.807, 2.05) is 0 Å². The van der Waals surface area contributed by atoms with E-state index >= 15 is 0 Å². The van der Waals surface area contributed by atoms with Gasteiger partial charge in [0.2, 0.25) is 5.91 Å². The SMILES string of the molecule is CS(=O)(=O)C1CC1C(N)=O. The Labute approximate surface area is 59.3 Å². The fourth-order valence-corrected chi connectivity index (χ4v) is 2.23. The third-order valence-corrected chi connectivity index (χ3v) is 3.27. The van der Waals surface area contributed by atoms with Gasteiger partial charge in [-0.05, 0) is 6.42 Å². The Hall–Kier alpha value is -0.580. The summed E-state index contributed by atoms with van der Waals surface area (Å²) in [5, 5.41) is -0.495. The summed E-state index contributed by atoms with van der Waals surface area (Å²) < 4.78 is 21.4. The molecule has 0 saturated heterocycles. The van der Waals surface area contributed by atoms with Crippen molar-refractivity contribution >= 4 is 15.7 Å². The van der Waals surface area contributed by atoms with Gasteiger partial charge >= 0.3 is 0 Å². The van der Waals surface area contributed by atoms with Crippen LogP contribution in [0.25, 0.3) is 0 Å². The quantitative estimate of drug-likeness (QED) is 0.561. The molecule has 0 aromatic rings. The molecule has 0 aromatic heterocycles. The number of rotatable bonds is 2. The Morgan fingerprint density at radius 3 is 2.20 bits per heavy atom. The third kappa shape index (κ3) is 1.29. The molecule has 1 aliphatic rings. The average Bonchev–Trinajstić information content (AvgIpc) is 2.35. The summed E-state index contributed by atoms with van der Waals surface area (Å²) >= 11 is 0. The van der Waals surface area contributed by atoms with E-state index in [2.05, 4.69) is 0 Å². The Morgan fingerprint density at radius 2 is 2.10 bits per heavy atom. The molecule has 1 aliphatic carbocycles. The minimum absolute atomic E-state index is 0.411. The van der Waals surface area contributed by atoms with Crippen LogP contribution in [0.2, 0.25) is 0 Å². The van der Waals surface area contributed by atoms with Crippen LogP contribution in [0.15, 0.2) is 0 Å². The van der Waals surface area contributed by atoms with Crippen LogP contribution in [-0.2, 0) is 14.6 Å². The van der Waals surface area contributed by atoms with Crippen molar-refractivity contribution in [2.75, 3.05) is 6.26 Å². The Morgan fingerprint density at radius 1 is 1.60 bits per heavy atom. The minimum Gasteiger partial charge on any atom is -0.369 e. The van der Waals surface area contributed by atoms with Gasteiger partial charge in [0.15, 0.2) is 9.84 Å². The molecular formula is C5H9NO3S. The van der Waals surface area contributed by atoms with Crippen LogP contribution in [-0.4, -0.2) is 25.8 Å². The van der Waals surface area contributed by atoms with Crippen LogP contribution >= 0.6 is 0 Å². The lowest BCUT2D eigenvalue weighted by Crippen LogP contribution is -2.18. The second kappa shape index (κ2) is 1.95. The zero-order valence-electron chi connectivity index (χ0n) is 5.57. The summed E-state index contributed by atoms with van der Waals surface area (Å²) in [7, 11) is -3.02. The molecule has 0 radical (unpaired) electrons. The standard InChI is InChI=1S/C5H9NO3S/c1-10(8,9)4-2-3(4)5(6)7/h3-4H,2H2,1H3,(H2,6,7). The van der Waals surface area contributed by atoms with Crippen molar-refractivity contribution < 1.29 is 13.2 Å². The van der Waals surface area contributed by atoms with Gasteiger partial charge in [0.1, 0.15) is 0 Å². The highest BCUT2D eigenvalue weighted by Crippen LogP contribution is 2.36. The smallest absolute Gasteiger partial charge is 0.221 e. The summed E-state index contributed by atoms with van der Waals surface area (Å²) in [6, 6.07) is 0. The molecule has 2 unspecified atom stereocenters. The van der Waals surface area contributed by atoms with E-state index in [1.165, 1.54) is 0 Å². The second-order valence-corrected chi connectivity index (χ2v) is 4.88. The molecule has 4 nitrogen and oxygen atoms in total. The van der Waals surface area contributed by atoms with E-state index in [-0.39, 0.29) is 0 Å². The first kappa shape index (κ1) is 7.53. The van der Waals surface area contributed by atoms with Crippen LogP contribution in [0.1, 0.15) is 6.42 Å². The van der Waals surface area contributed by atoms with Crippen molar-refractivity contribution in [1.29, 1.82) is 0 Å². The lowest BCUT2D eigenvalue weighted by molar-refractivity contribution is -0.119. The maximum absolute atomic E-state index is 10.7. The molecule has 1 rings (SSSR count). The molecule has 58 valence electrons. The number of primary amides is 1. The molecule has 1 saturated carbocycles. The number of amides is 1. The van der Waals surface area contributed by atoms with Gasteiger partial charge in [-0.15, -0.1) is 0 Å². The molecule has 1 fully saturated rings. The summed E-state index contributed by atoms with van der Waals surface area (Å²) in [4.78, 5) is 10.4. The maximum Gasteiger partial charge on any atom is 0.221 e. The number of carbonyl (C=O) groups excluding carboxylic acids is 1. The summed E-state index contributed by atoms with van der Waals surface area (Å²) in [6.45, 7) is 0. The maximum atomic E-state index is 10.7. The van der Waals surface area contributed by atoms with Gasteiger partial charge < -0.3 is 5.73 Å². The van der Waals surface area contributed by atoms with Crippen LogP contribution in [0, 0.1) is 5.92 Å². The predicted octanol–water partition coefficient (Wildman–Crippen LogP) is -1.10. The topological polar surface area (TPSA) is 77.2 Å². The zero-order chi connectivity index (χ0) is 7.94. The molecule has 1 amide bonds. The van der Waals surface area contributed by atoms with E-state index in [4.69, 9.17) is 5.73 Å². The van der Waals surface area contributed by atoms with Gasteiger partial charge in [0.05, 0.1) is 11.2 Å². The van der Waals surface area contributed by atoms with Gasteiger partial charge in [0, 0.05) is 6.26 Å². The molecule has 0 bridgehead atoms. The number of hydrogen-bond donors (Lipinski definition) is 1. The van der Waals surface area contributed by atoms with Crippen molar-refractivity contribution in [3.63, 3.8) is 0 Å². The first-order valence-electron chi connectivity index (χ1n) is 2.91. The first-order chi connectivity index (χ1) is 4.43. The Bertz CT molecular complexity index is 256. The van der Waals surface area contributed by atoms with E-state index in [0.717, 1.165) is 6.26 Å². The first-order valence-corrected chi connectivity index (χ1v) is 4.86. The Kier molecular flexibility index (Phi) is 1.47. The fraction of sp³-hybridized carbons (Fsp3) is 0.800. The van der Waals surface area contributed by atoms with Gasteiger partial charge in [-0.25, -0.2) is 8.42 Å². The number of carbonyl (C=O) groups is 1. The number of nitrogens with two attached hydrogens (primary N) is 1. The Balaban J connectivity index is 2.64. The van der Waals surface area contributed by atoms with Crippen molar-refractivity contribution in [3.05, 3.63) is 0 Å². The summed E-state index contributed by atoms with van der Waals surface area (Å²) in [6.07, 6.45) is 1.54. The van der Waals surface area contributed by atoms with E-state index in [0.29, 0.717) is 6.42 Å². The van der Waals surface area contributed by atoms with Crippen LogP contribution < -0.4 is 5.73 Å². The normalized spacial score (nSPS) is 31.7. The van der Waals surface area contributed by atoms with E-state index < -0.39 is 26.9 Å². The van der Waals surface area contributed by atoms with Crippen molar-refractivity contribution in [2.24, 2.45) is 11.7 Å². The van der Waals surface area contributed by atoms with Crippen LogP contribution in [0.5, 0.6) is 0 Å². The highest BCUT2D eigenvalue weighted by atomic mass is 32.2. The van der Waals surface area contributed by atoms with Crippen molar-refractivity contribution in [2.45, 2.75) is 11.7 Å². The average molecular weight is 163 g/mol. The lowest BCUT2D eigenvalue weighted by atomic mass is 10.4. The second-order valence-electron chi connectivity index (χ2n) is 2.61. The highest BCUT2D eigenvalue weighted by Gasteiger charge is 2.48. The molecule has 2 N–H and O–H groups in total. The van der Waals surface area contributed by atoms with Gasteiger partial charge in [0.25, 0.3) is 0 Å². The lowest BCUT2D eigenvalue weighted by Gasteiger charge is -1.90. The molecular weight excluding hydrogens is 154 g/mol. The molecule has 5 heteroatoms. The summed E-state index contributed by atoms with van der Waals surface area (Å²) in [5.74, 6) is -0.926. The van der Waals surface area contributed by atoms with E-state index in [9.17, 15) is 13.2 Å². The molecule has 0 heterocycles. The monoisotopic (exact) mass is 163 g/mol. The largest absolute Gasteiger partial charge is 0.369 e. The number of hydrogen-bond acceptors (Lipinski definition) is 3. The van der Waals surface area contributed by atoms with Gasteiger partial charge in [-0.3, -0.25) is 4.79 Å². The number of sulfone groups is 1. The van der Waals surface area contributed by atoms with Crippen molar-refractivity contribution in [1.82, 2.24) is 0 Å². The fourth-order valence-electron chi connectivity index (χ4n) is 0.944. The molecule has 0 aliphatic heterocycles.